The SMILES string of the molecule is COCCNC(=O)C(C)Oc1ccc(CO)cc1OC. The van der Waals surface area contributed by atoms with Gasteiger partial charge in [-0.15, -0.1) is 0 Å². The molecule has 0 saturated carbocycles. The molecule has 0 aliphatic heterocycles. The minimum atomic E-state index is -0.652. The van der Waals surface area contributed by atoms with Crippen molar-refractivity contribution in [2.45, 2.75) is 19.6 Å². The molecule has 0 bridgehead atoms. The third kappa shape index (κ3) is 4.71. The van der Waals surface area contributed by atoms with Crippen LogP contribution < -0.4 is 14.8 Å². The lowest BCUT2D eigenvalue weighted by atomic mass is 10.2. The van der Waals surface area contributed by atoms with Crippen LogP contribution in [0.2, 0.25) is 0 Å². The Labute approximate surface area is 118 Å². The molecular weight excluding hydrogens is 262 g/mol. The lowest BCUT2D eigenvalue weighted by Crippen LogP contribution is -2.38. The second-order valence-corrected chi connectivity index (χ2v) is 4.19. The van der Waals surface area contributed by atoms with Crippen LogP contribution in [0.1, 0.15) is 12.5 Å². The summed E-state index contributed by atoms with van der Waals surface area (Å²) in [7, 11) is 3.08. The van der Waals surface area contributed by atoms with Crippen LogP contribution >= 0.6 is 0 Å². The molecule has 6 heteroatoms. The van der Waals surface area contributed by atoms with E-state index in [9.17, 15) is 4.79 Å². The van der Waals surface area contributed by atoms with E-state index in [2.05, 4.69) is 5.32 Å². The average molecular weight is 283 g/mol. The Bertz CT molecular complexity index is 436. The summed E-state index contributed by atoms with van der Waals surface area (Å²) < 4.78 is 15.6. The highest BCUT2D eigenvalue weighted by Crippen LogP contribution is 2.28. The van der Waals surface area contributed by atoms with Crippen LogP contribution in [0.15, 0.2) is 18.2 Å². The summed E-state index contributed by atoms with van der Waals surface area (Å²) in [5.41, 5.74) is 0.714. The normalized spacial score (nSPS) is 11.8. The molecule has 1 aromatic rings. The lowest BCUT2D eigenvalue weighted by Gasteiger charge is -2.17. The van der Waals surface area contributed by atoms with E-state index in [1.165, 1.54) is 7.11 Å². The molecular formula is C14H21NO5. The van der Waals surface area contributed by atoms with Crippen LogP contribution in [0.3, 0.4) is 0 Å². The van der Waals surface area contributed by atoms with Gasteiger partial charge in [-0.05, 0) is 24.6 Å². The van der Waals surface area contributed by atoms with E-state index in [0.29, 0.717) is 30.2 Å². The zero-order valence-corrected chi connectivity index (χ0v) is 12.0. The van der Waals surface area contributed by atoms with Crippen molar-refractivity contribution in [3.63, 3.8) is 0 Å². The highest BCUT2D eigenvalue weighted by atomic mass is 16.5. The van der Waals surface area contributed by atoms with Crippen molar-refractivity contribution in [3.8, 4) is 11.5 Å². The quantitative estimate of drug-likeness (QED) is 0.687. The van der Waals surface area contributed by atoms with Crippen molar-refractivity contribution in [2.24, 2.45) is 0 Å². The van der Waals surface area contributed by atoms with Crippen LogP contribution in [0.25, 0.3) is 0 Å². The molecule has 20 heavy (non-hydrogen) atoms. The van der Waals surface area contributed by atoms with Crippen molar-refractivity contribution < 1.29 is 24.1 Å². The second kappa shape index (κ2) is 8.39. The third-order valence-electron chi connectivity index (χ3n) is 2.69. The van der Waals surface area contributed by atoms with Crippen LogP contribution in [0.5, 0.6) is 11.5 Å². The van der Waals surface area contributed by atoms with Crippen LogP contribution in [-0.2, 0) is 16.1 Å². The van der Waals surface area contributed by atoms with Gasteiger partial charge in [0.25, 0.3) is 5.91 Å². The van der Waals surface area contributed by atoms with E-state index in [1.807, 2.05) is 0 Å². The zero-order chi connectivity index (χ0) is 15.0. The monoisotopic (exact) mass is 283 g/mol. The highest BCUT2D eigenvalue weighted by Gasteiger charge is 2.16. The fourth-order valence-electron chi connectivity index (χ4n) is 1.57. The van der Waals surface area contributed by atoms with Gasteiger partial charge in [0.05, 0.1) is 20.3 Å². The predicted molar refractivity (Wildman–Crippen MR) is 73.9 cm³/mol. The molecule has 0 aliphatic carbocycles. The van der Waals surface area contributed by atoms with E-state index >= 15 is 0 Å². The molecule has 0 spiro atoms. The molecule has 1 atom stereocenters. The van der Waals surface area contributed by atoms with Gasteiger partial charge < -0.3 is 24.6 Å². The number of carbonyl (C=O) groups is 1. The first-order valence-corrected chi connectivity index (χ1v) is 6.33. The smallest absolute Gasteiger partial charge is 0.260 e. The Morgan fingerprint density at radius 3 is 2.70 bits per heavy atom. The van der Waals surface area contributed by atoms with E-state index < -0.39 is 6.10 Å². The first-order valence-electron chi connectivity index (χ1n) is 6.33. The zero-order valence-electron chi connectivity index (χ0n) is 12.0. The fraction of sp³-hybridized carbons (Fsp3) is 0.500. The molecule has 0 aromatic heterocycles. The van der Waals surface area contributed by atoms with Crippen LogP contribution in [-0.4, -0.2) is 44.5 Å². The largest absolute Gasteiger partial charge is 0.493 e. The first-order chi connectivity index (χ1) is 9.62. The maximum absolute atomic E-state index is 11.8. The predicted octanol–water partition coefficient (Wildman–Crippen LogP) is 0.717. The summed E-state index contributed by atoms with van der Waals surface area (Å²) in [6.45, 7) is 2.46. The van der Waals surface area contributed by atoms with Crippen molar-refractivity contribution in [2.75, 3.05) is 27.4 Å². The Morgan fingerprint density at radius 2 is 2.10 bits per heavy atom. The Balaban J connectivity index is 2.65. The van der Waals surface area contributed by atoms with E-state index in [0.717, 1.165) is 0 Å². The number of nitrogens with one attached hydrogen (secondary N) is 1. The van der Waals surface area contributed by atoms with E-state index in [4.69, 9.17) is 19.3 Å². The minimum absolute atomic E-state index is 0.0797. The number of ether oxygens (including phenoxy) is 3. The van der Waals surface area contributed by atoms with Crippen molar-refractivity contribution in [1.29, 1.82) is 0 Å². The number of aliphatic hydroxyl groups is 1. The maximum Gasteiger partial charge on any atom is 0.260 e. The van der Waals surface area contributed by atoms with Crippen LogP contribution in [0.4, 0.5) is 0 Å². The molecule has 0 radical (unpaired) electrons. The van der Waals surface area contributed by atoms with Gasteiger partial charge in [-0.25, -0.2) is 0 Å². The second-order valence-electron chi connectivity index (χ2n) is 4.19. The average Bonchev–Trinajstić information content (AvgIpc) is 2.47. The molecule has 0 heterocycles. The van der Waals surface area contributed by atoms with Gasteiger partial charge in [0.15, 0.2) is 17.6 Å². The molecule has 0 saturated heterocycles. The molecule has 1 rings (SSSR count). The van der Waals surface area contributed by atoms with Gasteiger partial charge in [0.2, 0.25) is 0 Å². The van der Waals surface area contributed by atoms with Gasteiger partial charge in [0, 0.05) is 13.7 Å². The minimum Gasteiger partial charge on any atom is -0.493 e. The summed E-state index contributed by atoms with van der Waals surface area (Å²) in [5, 5.41) is 11.8. The summed E-state index contributed by atoms with van der Waals surface area (Å²) in [6, 6.07) is 5.06. The number of methoxy groups -OCH3 is 2. The number of amides is 1. The molecule has 1 aromatic carbocycles. The highest BCUT2D eigenvalue weighted by molar-refractivity contribution is 5.80. The van der Waals surface area contributed by atoms with Crippen molar-refractivity contribution >= 4 is 5.91 Å². The summed E-state index contributed by atoms with van der Waals surface area (Å²) in [6.07, 6.45) is -0.652. The van der Waals surface area contributed by atoms with Crippen molar-refractivity contribution in [1.82, 2.24) is 5.32 Å². The standard InChI is InChI=1S/C14H21NO5/c1-10(14(17)15-6-7-18-2)20-12-5-4-11(9-16)8-13(12)19-3/h4-5,8,10,16H,6-7,9H2,1-3H3,(H,15,17). The Morgan fingerprint density at radius 1 is 1.35 bits per heavy atom. The number of aliphatic hydroxyl groups excluding tert-OH is 1. The first kappa shape index (κ1) is 16.3. The Kier molecular flexibility index (Phi) is 6.83. The molecule has 2 N–H and O–H groups in total. The number of hydrogen-bond donors (Lipinski definition) is 2. The molecule has 0 aliphatic rings. The summed E-state index contributed by atoms with van der Waals surface area (Å²) in [4.78, 5) is 11.8. The number of benzene rings is 1. The van der Waals surface area contributed by atoms with E-state index in [1.54, 1.807) is 32.2 Å². The van der Waals surface area contributed by atoms with Crippen LogP contribution in [0, 0.1) is 0 Å². The van der Waals surface area contributed by atoms with Gasteiger partial charge in [-0.1, -0.05) is 6.07 Å². The van der Waals surface area contributed by atoms with Crippen molar-refractivity contribution in [3.05, 3.63) is 23.8 Å². The topological polar surface area (TPSA) is 77.0 Å². The fourth-order valence-corrected chi connectivity index (χ4v) is 1.57. The molecule has 1 unspecified atom stereocenters. The van der Waals surface area contributed by atoms with Gasteiger partial charge in [-0.3, -0.25) is 4.79 Å². The molecule has 1 amide bonds. The molecule has 0 fully saturated rings. The molecule has 112 valence electrons. The maximum atomic E-state index is 11.8. The molecule has 6 nitrogen and oxygen atoms in total. The Hall–Kier alpha value is -1.79. The number of carbonyl (C=O) groups excluding carboxylic acids is 1. The third-order valence-corrected chi connectivity index (χ3v) is 2.69. The van der Waals surface area contributed by atoms with Gasteiger partial charge in [-0.2, -0.15) is 0 Å². The summed E-state index contributed by atoms with van der Waals surface area (Å²) >= 11 is 0. The number of rotatable bonds is 8. The van der Waals surface area contributed by atoms with Gasteiger partial charge in [0.1, 0.15) is 0 Å². The summed E-state index contributed by atoms with van der Waals surface area (Å²) in [5.74, 6) is 0.711. The van der Waals surface area contributed by atoms with Gasteiger partial charge >= 0.3 is 0 Å². The lowest BCUT2D eigenvalue weighted by molar-refractivity contribution is -0.127. The van der Waals surface area contributed by atoms with E-state index in [-0.39, 0.29) is 12.5 Å². The number of hydrogen-bond acceptors (Lipinski definition) is 5.